The van der Waals surface area contributed by atoms with Gasteiger partial charge in [0.05, 0.1) is 4.90 Å². The van der Waals surface area contributed by atoms with Gasteiger partial charge >= 0.3 is 0 Å². The number of hydrogen-bond acceptors (Lipinski definition) is 3. The van der Waals surface area contributed by atoms with Crippen LogP contribution in [0.3, 0.4) is 0 Å². The van der Waals surface area contributed by atoms with E-state index >= 15 is 0 Å². The highest BCUT2D eigenvalue weighted by molar-refractivity contribution is 7.89. The van der Waals surface area contributed by atoms with Gasteiger partial charge in [0.15, 0.2) is 0 Å². The molecule has 1 amide bonds. The summed E-state index contributed by atoms with van der Waals surface area (Å²) < 4.78 is 39.3. The fourth-order valence-electron chi connectivity index (χ4n) is 2.77. The molecule has 128 valence electrons. The molecule has 1 saturated heterocycles. The highest BCUT2D eigenvalue weighted by atomic mass is 32.2. The average Bonchev–Trinajstić information content (AvgIpc) is 2.55. The van der Waals surface area contributed by atoms with Gasteiger partial charge in [0, 0.05) is 32.1 Å². The first kappa shape index (κ1) is 17.9. The molecule has 1 aromatic carbocycles. The van der Waals surface area contributed by atoms with E-state index in [0.717, 1.165) is 25.0 Å². The molecule has 0 aromatic heterocycles. The van der Waals surface area contributed by atoms with Crippen molar-refractivity contribution in [3.05, 3.63) is 30.1 Å². The molecule has 1 aliphatic rings. The van der Waals surface area contributed by atoms with E-state index in [1.807, 2.05) is 13.8 Å². The molecule has 0 spiro atoms. The Labute approximate surface area is 137 Å². The van der Waals surface area contributed by atoms with Crippen LogP contribution in [0.15, 0.2) is 29.2 Å². The van der Waals surface area contributed by atoms with E-state index in [1.165, 1.54) is 16.4 Å². The van der Waals surface area contributed by atoms with Crippen LogP contribution < -0.4 is 0 Å². The maximum atomic E-state index is 12.9. The number of rotatable bonds is 5. The van der Waals surface area contributed by atoms with Gasteiger partial charge < -0.3 is 4.90 Å². The first-order chi connectivity index (χ1) is 10.9. The summed E-state index contributed by atoms with van der Waals surface area (Å²) in [6.07, 6.45) is 1.79. The lowest BCUT2D eigenvalue weighted by Crippen LogP contribution is -2.51. The Morgan fingerprint density at radius 2 is 1.74 bits per heavy atom. The number of sulfonamides is 1. The Hall–Kier alpha value is -1.47. The maximum absolute atomic E-state index is 12.9. The van der Waals surface area contributed by atoms with E-state index in [4.69, 9.17) is 0 Å². The first-order valence-corrected chi connectivity index (χ1v) is 9.34. The summed E-state index contributed by atoms with van der Waals surface area (Å²) in [5.41, 5.74) is 0. The molecule has 0 N–H and O–H groups in total. The third-order valence-electron chi connectivity index (χ3n) is 4.14. The van der Waals surface area contributed by atoms with Gasteiger partial charge in [-0.25, -0.2) is 12.8 Å². The minimum atomic E-state index is -3.63. The zero-order valence-corrected chi connectivity index (χ0v) is 14.4. The van der Waals surface area contributed by atoms with E-state index < -0.39 is 15.8 Å². The molecule has 23 heavy (non-hydrogen) atoms. The topological polar surface area (TPSA) is 57.7 Å². The molecule has 5 nitrogen and oxygen atoms in total. The molecular formula is C16H23FN2O3S. The molecule has 1 unspecified atom stereocenters. The molecule has 0 saturated carbocycles. The molecule has 1 aromatic rings. The number of piperazine rings is 1. The Bertz CT molecular complexity index is 638. The second kappa shape index (κ2) is 7.40. The number of nitrogens with zero attached hydrogens (tertiary/aromatic N) is 2. The second-order valence-corrected chi connectivity index (χ2v) is 7.81. The van der Waals surface area contributed by atoms with Crippen molar-refractivity contribution in [2.45, 2.75) is 31.6 Å². The lowest BCUT2D eigenvalue weighted by atomic mass is 10.0. The molecule has 7 heteroatoms. The van der Waals surface area contributed by atoms with Crippen LogP contribution in [-0.4, -0.2) is 49.7 Å². The summed E-state index contributed by atoms with van der Waals surface area (Å²) in [5, 5.41) is 0. The van der Waals surface area contributed by atoms with Crippen LogP contribution in [0.1, 0.15) is 26.7 Å². The van der Waals surface area contributed by atoms with Crippen molar-refractivity contribution in [2.24, 2.45) is 5.92 Å². The molecule has 0 bridgehead atoms. The van der Waals surface area contributed by atoms with Gasteiger partial charge in [0.25, 0.3) is 0 Å². The molecule has 1 heterocycles. The van der Waals surface area contributed by atoms with Crippen LogP contribution in [-0.2, 0) is 14.8 Å². The highest BCUT2D eigenvalue weighted by Gasteiger charge is 2.31. The third-order valence-corrected chi connectivity index (χ3v) is 6.06. The third kappa shape index (κ3) is 4.09. The van der Waals surface area contributed by atoms with Gasteiger partial charge in [-0.3, -0.25) is 4.79 Å². The number of benzene rings is 1. The zero-order valence-electron chi connectivity index (χ0n) is 13.5. The van der Waals surface area contributed by atoms with Gasteiger partial charge in [0.1, 0.15) is 5.82 Å². The Balaban J connectivity index is 2.01. The predicted octanol–water partition coefficient (Wildman–Crippen LogP) is 2.09. The Morgan fingerprint density at radius 1 is 1.17 bits per heavy atom. The lowest BCUT2D eigenvalue weighted by Gasteiger charge is -2.35. The number of carbonyl (C=O) groups is 1. The van der Waals surface area contributed by atoms with Crippen molar-refractivity contribution in [3.8, 4) is 0 Å². The summed E-state index contributed by atoms with van der Waals surface area (Å²) in [7, 11) is -3.63. The lowest BCUT2D eigenvalue weighted by molar-refractivity contribution is -0.136. The Morgan fingerprint density at radius 3 is 2.26 bits per heavy atom. The highest BCUT2D eigenvalue weighted by Crippen LogP contribution is 2.19. The van der Waals surface area contributed by atoms with Gasteiger partial charge in [0.2, 0.25) is 15.9 Å². The number of hydrogen-bond donors (Lipinski definition) is 0. The summed E-state index contributed by atoms with van der Waals surface area (Å²) in [6.45, 7) is 5.28. The fourth-order valence-corrected chi connectivity index (χ4v) is 4.19. The van der Waals surface area contributed by atoms with Crippen LogP contribution in [0.25, 0.3) is 0 Å². The molecule has 0 radical (unpaired) electrons. The van der Waals surface area contributed by atoms with Crippen LogP contribution >= 0.6 is 0 Å². The smallest absolute Gasteiger partial charge is 0.243 e. The van der Waals surface area contributed by atoms with E-state index in [2.05, 4.69) is 0 Å². The zero-order chi connectivity index (χ0) is 17.0. The van der Waals surface area contributed by atoms with Gasteiger partial charge in [-0.1, -0.05) is 20.3 Å². The first-order valence-electron chi connectivity index (χ1n) is 7.90. The van der Waals surface area contributed by atoms with E-state index in [0.29, 0.717) is 13.1 Å². The number of amides is 1. The predicted molar refractivity (Wildman–Crippen MR) is 85.8 cm³/mol. The largest absolute Gasteiger partial charge is 0.340 e. The van der Waals surface area contributed by atoms with E-state index in [-0.39, 0.29) is 29.8 Å². The quantitative estimate of drug-likeness (QED) is 0.823. The summed E-state index contributed by atoms with van der Waals surface area (Å²) in [5.74, 6) is -0.407. The van der Waals surface area contributed by atoms with Crippen molar-refractivity contribution in [2.75, 3.05) is 26.2 Å². The van der Waals surface area contributed by atoms with Gasteiger partial charge in [-0.15, -0.1) is 0 Å². The maximum Gasteiger partial charge on any atom is 0.243 e. The molecule has 2 rings (SSSR count). The van der Waals surface area contributed by atoms with Crippen LogP contribution in [0, 0.1) is 11.7 Å². The summed E-state index contributed by atoms with van der Waals surface area (Å²) in [6, 6.07) is 4.81. The van der Waals surface area contributed by atoms with E-state index in [9.17, 15) is 17.6 Å². The summed E-state index contributed by atoms with van der Waals surface area (Å²) in [4.78, 5) is 14.1. The van der Waals surface area contributed by atoms with Crippen molar-refractivity contribution in [1.29, 1.82) is 0 Å². The molecular weight excluding hydrogens is 319 g/mol. The van der Waals surface area contributed by atoms with Gasteiger partial charge in [-0.2, -0.15) is 4.31 Å². The minimum absolute atomic E-state index is 0.0275. The average molecular weight is 342 g/mol. The Kier molecular flexibility index (Phi) is 5.75. The monoisotopic (exact) mass is 342 g/mol. The van der Waals surface area contributed by atoms with Crippen molar-refractivity contribution in [3.63, 3.8) is 0 Å². The molecule has 1 fully saturated rings. The molecule has 1 aliphatic heterocycles. The summed E-state index contributed by atoms with van der Waals surface area (Å²) >= 11 is 0. The standard InChI is InChI=1S/C16H23FN2O3S/c1-3-4-13(2)16(20)18-9-11-19(12-10-18)23(21,22)15-7-5-14(17)6-8-15/h5-8,13H,3-4,9-12H2,1-2H3. The number of halogens is 1. The normalized spacial score (nSPS) is 18.0. The minimum Gasteiger partial charge on any atom is -0.340 e. The van der Waals surface area contributed by atoms with E-state index in [1.54, 1.807) is 4.90 Å². The van der Waals surface area contributed by atoms with Crippen molar-refractivity contribution < 1.29 is 17.6 Å². The fraction of sp³-hybridized carbons (Fsp3) is 0.562. The van der Waals surface area contributed by atoms with Crippen LogP contribution in [0.4, 0.5) is 4.39 Å². The second-order valence-electron chi connectivity index (χ2n) is 5.87. The molecule has 0 aliphatic carbocycles. The SMILES string of the molecule is CCCC(C)C(=O)N1CCN(S(=O)(=O)c2ccc(F)cc2)CC1. The van der Waals surface area contributed by atoms with Crippen molar-refractivity contribution >= 4 is 15.9 Å². The van der Waals surface area contributed by atoms with Crippen molar-refractivity contribution in [1.82, 2.24) is 9.21 Å². The molecule has 1 atom stereocenters. The number of carbonyl (C=O) groups excluding carboxylic acids is 1. The van der Waals surface area contributed by atoms with Gasteiger partial charge in [-0.05, 0) is 30.7 Å². The van der Waals surface area contributed by atoms with Crippen LogP contribution in [0.5, 0.6) is 0 Å². The van der Waals surface area contributed by atoms with Crippen LogP contribution in [0.2, 0.25) is 0 Å².